The van der Waals surface area contributed by atoms with Gasteiger partial charge in [0, 0.05) is 6.54 Å². The average molecular weight is 254 g/mol. The minimum Gasteiger partial charge on any atom is -0.312 e. The number of rotatable bonds is 5. The largest absolute Gasteiger partial charge is 0.312 e. The van der Waals surface area contributed by atoms with Crippen LogP contribution in [-0.2, 0) is 16.6 Å². The van der Waals surface area contributed by atoms with Crippen molar-refractivity contribution in [3.63, 3.8) is 0 Å². The second kappa shape index (κ2) is 5.16. The predicted octanol–water partition coefficient (Wildman–Crippen LogP) is 1.22. The monoisotopic (exact) mass is 254 g/mol. The molecule has 1 aromatic carbocycles. The van der Waals surface area contributed by atoms with E-state index in [1.807, 2.05) is 0 Å². The number of sulfonamides is 1. The van der Waals surface area contributed by atoms with Crippen molar-refractivity contribution in [3.8, 4) is 0 Å². The predicted molar refractivity (Wildman–Crippen MR) is 66.9 cm³/mol. The van der Waals surface area contributed by atoms with Gasteiger partial charge in [0.1, 0.15) is 0 Å². The van der Waals surface area contributed by atoms with Crippen molar-refractivity contribution in [2.75, 3.05) is 6.54 Å². The summed E-state index contributed by atoms with van der Waals surface area (Å²) >= 11 is 0. The van der Waals surface area contributed by atoms with E-state index in [0.29, 0.717) is 0 Å². The Morgan fingerprint density at radius 1 is 1.24 bits per heavy atom. The van der Waals surface area contributed by atoms with Crippen molar-refractivity contribution in [1.29, 1.82) is 0 Å². The van der Waals surface area contributed by atoms with Crippen LogP contribution in [0.15, 0.2) is 29.2 Å². The van der Waals surface area contributed by atoms with Crippen LogP contribution in [0.1, 0.15) is 24.8 Å². The van der Waals surface area contributed by atoms with Crippen LogP contribution in [0.3, 0.4) is 0 Å². The van der Waals surface area contributed by atoms with E-state index in [9.17, 15) is 8.42 Å². The Morgan fingerprint density at radius 2 is 1.88 bits per heavy atom. The summed E-state index contributed by atoms with van der Waals surface area (Å²) in [5.74, 6) is 0.832. The number of benzene rings is 1. The van der Waals surface area contributed by atoms with Crippen LogP contribution < -0.4 is 10.5 Å². The fourth-order valence-corrected chi connectivity index (χ4v) is 2.43. The molecule has 0 amide bonds. The molecule has 4 nitrogen and oxygen atoms in total. The summed E-state index contributed by atoms with van der Waals surface area (Å²) in [7, 11) is -3.57. The second-order valence-electron chi connectivity index (χ2n) is 4.62. The summed E-state index contributed by atoms with van der Waals surface area (Å²) in [6.45, 7) is 1.83. The lowest BCUT2D eigenvalue weighted by Gasteiger charge is -2.25. The Morgan fingerprint density at radius 3 is 2.35 bits per heavy atom. The molecule has 94 valence electrons. The van der Waals surface area contributed by atoms with Gasteiger partial charge in [-0.05, 0) is 43.0 Å². The zero-order chi connectivity index (χ0) is 12.3. The third kappa shape index (κ3) is 3.52. The van der Waals surface area contributed by atoms with Gasteiger partial charge in [-0.3, -0.25) is 0 Å². The van der Waals surface area contributed by atoms with Gasteiger partial charge in [-0.15, -0.1) is 0 Å². The van der Waals surface area contributed by atoms with E-state index in [1.165, 1.54) is 19.3 Å². The van der Waals surface area contributed by atoms with Gasteiger partial charge in [-0.1, -0.05) is 18.6 Å². The van der Waals surface area contributed by atoms with Gasteiger partial charge in [0.25, 0.3) is 0 Å². The molecule has 3 N–H and O–H groups in total. The van der Waals surface area contributed by atoms with Crippen molar-refractivity contribution < 1.29 is 8.42 Å². The van der Waals surface area contributed by atoms with Crippen LogP contribution in [-0.4, -0.2) is 15.0 Å². The lowest BCUT2D eigenvalue weighted by Crippen LogP contribution is -2.26. The molecule has 17 heavy (non-hydrogen) atoms. The quantitative estimate of drug-likeness (QED) is 0.830. The number of primary sulfonamides is 1. The molecule has 0 atom stereocenters. The topological polar surface area (TPSA) is 72.2 Å². The van der Waals surface area contributed by atoms with Gasteiger partial charge in [0.05, 0.1) is 4.90 Å². The van der Waals surface area contributed by atoms with Gasteiger partial charge in [-0.25, -0.2) is 13.6 Å². The Kier molecular flexibility index (Phi) is 3.81. The maximum atomic E-state index is 11.1. The van der Waals surface area contributed by atoms with Gasteiger partial charge in [-0.2, -0.15) is 0 Å². The van der Waals surface area contributed by atoms with Crippen LogP contribution in [0.4, 0.5) is 0 Å². The van der Waals surface area contributed by atoms with Gasteiger partial charge >= 0.3 is 0 Å². The van der Waals surface area contributed by atoms with Crippen molar-refractivity contribution in [2.45, 2.75) is 30.7 Å². The van der Waals surface area contributed by atoms with Gasteiger partial charge < -0.3 is 5.32 Å². The van der Waals surface area contributed by atoms with E-state index in [2.05, 4.69) is 5.32 Å². The fraction of sp³-hybridized carbons (Fsp3) is 0.500. The summed E-state index contributed by atoms with van der Waals surface area (Å²) in [4.78, 5) is 0.167. The molecule has 0 bridgehead atoms. The summed E-state index contributed by atoms with van der Waals surface area (Å²) in [6, 6.07) is 6.70. The molecule has 1 aliphatic rings. The molecule has 0 heterocycles. The van der Waals surface area contributed by atoms with Crippen LogP contribution in [0.2, 0.25) is 0 Å². The summed E-state index contributed by atoms with van der Waals surface area (Å²) in [5.41, 5.74) is 1.08. The van der Waals surface area contributed by atoms with E-state index in [1.54, 1.807) is 24.3 Å². The minimum atomic E-state index is -3.57. The number of hydrogen-bond acceptors (Lipinski definition) is 3. The molecule has 1 aliphatic carbocycles. The van der Waals surface area contributed by atoms with E-state index in [0.717, 1.165) is 24.6 Å². The van der Waals surface area contributed by atoms with Crippen molar-refractivity contribution in [1.82, 2.24) is 5.32 Å². The van der Waals surface area contributed by atoms with E-state index in [-0.39, 0.29) is 4.90 Å². The molecule has 0 radical (unpaired) electrons. The normalized spacial score (nSPS) is 16.8. The number of hydrogen-bond donors (Lipinski definition) is 2. The molecule has 0 unspecified atom stereocenters. The molecule has 0 aromatic heterocycles. The Balaban J connectivity index is 1.85. The molecule has 1 fully saturated rings. The van der Waals surface area contributed by atoms with E-state index in [4.69, 9.17) is 5.14 Å². The van der Waals surface area contributed by atoms with Crippen molar-refractivity contribution in [3.05, 3.63) is 29.8 Å². The van der Waals surface area contributed by atoms with E-state index < -0.39 is 10.0 Å². The van der Waals surface area contributed by atoms with Crippen LogP contribution in [0.25, 0.3) is 0 Å². The Hall–Kier alpha value is -0.910. The SMILES string of the molecule is NS(=O)(=O)c1ccc(CNCC2CCC2)cc1. The highest BCUT2D eigenvalue weighted by Crippen LogP contribution is 2.25. The first-order valence-corrected chi connectivity index (χ1v) is 7.43. The molecule has 1 saturated carbocycles. The van der Waals surface area contributed by atoms with Crippen LogP contribution in [0.5, 0.6) is 0 Å². The highest BCUT2D eigenvalue weighted by atomic mass is 32.2. The molecule has 0 spiro atoms. The van der Waals surface area contributed by atoms with Gasteiger partial charge in [0.15, 0.2) is 0 Å². The smallest absolute Gasteiger partial charge is 0.238 e. The standard InChI is InChI=1S/C12H18N2O2S/c13-17(15,16)12-6-4-11(5-7-12)9-14-8-10-2-1-3-10/h4-7,10,14H,1-3,8-9H2,(H2,13,15,16). The minimum absolute atomic E-state index is 0.167. The first-order chi connectivity index (χ1) is 8.05. The summed E-state index contributed by atoms with van der Waals surface area (Å²) in [6.07, 6.45) is 4.02. The lowest BCUT2D eigenvalue weighted by atomic mass is 9.85. The fourth-order valence-electron chi connectivity index (χ4n) is 1.91. The molecular formula is C12H18N2O2S. The lowest BCUT2D eigenvalue weighted by molar-refractivity contribution is 0.301. The molecule has 1 aromatic rings. The molecule has 0 saturated heterocycles. The first-order valence-electron chi connectivity index (χ1n) is 5.88. The Bertz CT molecular complexity index is 464. The third-order valence-electron chi connectivity index (χ3n) is 3.24. The second-order valence-corrected chi connectivity index (χ2v) is 6.18. The number of nitrogens with two attached hydrogens (primary N) is 1. The zero-order valence-electron chi connectivity index (χ0n) is 9.72. The average Bonchev–Trinajstić information content (AvgIpc) is 2.21. The highest BCUT2D eigenvalue weighted by molar-refractivity contribution is 7.89. The maximum absolute atomic E-state index is 11.1. The Labute approximate surface area is 102 Å². The van der Waals surface area contributed by atoms with Crippen molar-refractivity contribution >= 4 is 10.0 Å². The molecule has 0 aliphatic heterocycles. The molecular weight excluding hydrogens is 236 g/mol. The molecule has 5 heteroatoms. The maximum Gasteiger partial charge on any atom is 0.238 e. The summed E-state index contributed by atoms with van der Waals surface area (Å²) in [5, 5.41) is 8.41. The van der Waals surface area contributed by atoms with Gasteiger partial charge in [0.2, 0.25) is 10.0 Å². The van der Waals surface area contributed by atoms with E-state index >= 15 is 0 Å². The van der Waals surface area contributed by atoms with Crippen molar-refractivity contribution in [2.24, 2.45) is 11.1 Å². The number of nitrogens with one attached hydrogen (secondary N) is 1. The molecule has 2 rings (SSSR count). The summed E-state index contributed by atoms with van der Waals surface area (Å²) < 4.78 is 22.1. The first kappa shape index (κ1) is 12.5. The van der Waals surface area contributed by atoms with Crippen LogP contribution >= 0.6 is 0 Å². The zero-order valence-corrected chi connectivity index (χ0v) is 10.5. The van der Waals surface area contributed by atoms with Crippen LogP contribution in [0, 0.1) is 5.92 Å². The highest BCUT2D eigenvalue weighted by Gasteiger charge is 2.16. The third-order valence-corrected chi connectivity index (χ3v) is 4.17.